The predicted molar refractivity (Wildman–Crippen MR) is 116 cm³/mol. The van der Waals surface area contributed by atoms with Gasteiger partial charge in [-0.2, -0.15) is 5.10 Å². The Morgan fingerprint density at radius 3 is 2.34 bits per heavy atom. The monoisotopic (exact) mass is 383 g/mol. The number of carbonyl (C=O) groups is 1. The van der Waals surface area contributed by atoms with Crippen molar-refractivity contribution in [1.29, 1.82) is 0 Å². The Labute approximate surface area is 168 Å². The van der Waals surface area contributed by atoms with E-state index < -0.39 is 0 Å². The summed E-state index contributed by atoms with van der Waals surface area (Å²) in [5.41, 5.74) is 6.89. The molecule has 1 aromatic heterocycles. The molecule has 0 bridgehead atoms. The van der Waals surface area contributed by atoms with Crippen LogP contribution in [0.15, 0.2) is 77.9 Å². The molecule has 0 aliphatic heterocycles. The van der Waals surface area contributed by atoms with Crippen molar-refractivity contribution < 1.29 is 9.90 Å². The number of aromatic hydroxyl groups is 1. The maximum absolute atomic E-state index is 12.4. The van der Waals surface area contributed by atoms with Gasteiger partial charge in [0.2, 0.25) is 0 Å². The van der Waals surface area contributed by atoms with Crippen LogP contribution in [-0.2, 0) is 0 Å². The Kier molecular flexibility index (Phi) is 4.87. The smallest absolute Gasteiger partial charge is 0.271 e. The molecule has 4 rings (SSSR count). The minimum atomic E-state index is -0.312. The average Bonchev–Trinajstić information content (AvgIpc) is 3.07. The van der Waals surface area contributed by atoms with Crippen molar-refractivity contribution in [1.82, 2.24) is 9.99 Å². The zero-order valence-corrected chi connectivity index (χ0v) is 16.3. The fraction of sp³-hybridized carbons (Fsp3) is 0.0833. The number of hydrazone groups is 1. The summed E-state index contributed by atoms with van der Waals surface area (Å²) < 4.78 is 2.13. The number of phenols is 1. The first-order valence-corrected chi connectivity index (χ1v) is 9.34. The van der Waals surface area contributed by atoms with Gasteiger partial charge in [-0.1, -0.05) is 30.3 Å². The summed E-state index contributed by atoms with van der Waals surface area (Å²) in [7, 11) is 0. The van der Waals surface area contributed by atoms with Gasteiger partial charge >= 0.3 is 0 Å². The average molecular weight is 383 g/mol. The number of amides is 1. The zero-order valence-electron chi connectivity index (χ0n) is 16.3. The lowest BCUT2D eigenvalue weighted by molar-refractivity contribution is 0.0955. The number of nitrogens with zero attached hydrogens (tertiary/aromatic N) is 2. The molecule has 0 aliphatic carbocycles. The van der Waals surface area contributed by atoms with Crippen molar-refractivity contribution in [2.45, 2.75) is 13.8 Å². The molecule has 0 saturated heterocycles. The van der Waals surface area contributed by atoms with Gasteiger partial charge < -0.3 is 9.67 Å². The number of aromatic nitrogens is 1. The summed E-state index contributed by atoms with van der Waals surface area (Å²) >= 11 is 0. The van der Waals surface area contributed by atoms with Gasteiger partial charge in [-0.15, -0.1) is 0 Å². The minimum Gasteiger partial charge on any atom is -0.507 e. The van der Waals surface area contributed by atoms with E-state index in [0.29, 0.717) is 11.1 Å². The molecule has 0 unspecified atom stereocenters. The molecule has 144 valence electrons. The molecule has 0 aliphatic rings. The fourth-order valence-electron chi connectivity index (χ4n) is 3.48. The van der Waals surface area contributed by atoms with Gasteiger partial charge in [0.05, 0.1) is 6.21 Å². The van der Waals surface area contributed by atoms with Gasteiger partial charge in [0.15, 0.2) is 0 Å². The second-order valence-electron chi connectivity index (χ2n) is 6.92. The van der Waals surface area contributed by atoms with Gasteiger partial charge in [0.25, 0.3) is 5.91 Å². The third-order valence-electron chi connectivity index (χ3n) is 4.97. The summed E-state index contributed by atoms with van der Waals surface area (Å²) in [5.74, 6) is -0.197. The van der Waals surface area contributed by atoms with E-state index in [0.717, 1.165) is 27.8 Å². The molecule has 29 heavy (non-hydrogen) atoms. The lowest BCUT2D eigenvalue weighted by atomic mass is 10.0. The third-order valence-corrected chi connectivity index (χ3v) is 4.97. The van der Waals surface area contributed by atoms with Crippen molar-refractivity contribution in [3.05, 3.63) is 95.3 Å². The number of phenolic OH excluding ortho intramolecular Hbond substituents is 1. The van der Waals surface area contributed by atoms with Crippen molar-refractivity contribution in [3.8, 4) is 11.4 Å². The Morgan fingerprint density at radius 2 is 1.62 bits per heavy atom. The molecule has 1 heterocycles. The maximum atomic E-state index is 12.4. The maximum Gasteiger partial charge on any atom is 0.271 e. The summed E-state index contributed by atoms with van der Waals surface area (Å²) in [6.07, 6.45) is 1.47. The highest BCUT2D eigenvalue weighted by Crippen LogP contribution is 2.25. The summed E-state index contributed by atoms with van der Waals surface area (Å²) in [6, 6.07) is 22.7. The first kappa shape index (κ1) is 18.5. The van der Waals surface area contributed by atoms with Gasteiger partial charge in [0.1, 0.15) is 5.75 Å². The molecule has 0 fully saturated rings. The number of carbonyl (C=O) groups excluding carboxylic acids is 1. The summed E-state index contributed by atoms with van der Waals surface area (Å²) in [5, 5.41) is 16.0. The standard InChI is InChI=1S/C24H21N3O2/c1-16-7-8-17(2)27(16)20-12-9-19(10-13-20)24(29)26-25-15-22-21-6-4-3-5-18(21)11-14-23(22)28/h3-15,28H,1-2H3,(H,26,29)/b25-15-. The number of hydrogen-bond acceptors (Lipinski definition) is 3. The van der Waals surface area contributed by atoms with E-state index in [1.807, 2.05) is 56.3 Å². The molecule has 0 atom stereocenters. The molecule has 5 heteroatoms. The van der Waals surface area contributed by atoms with Crippen molar-refractivity contribution in [2.75, 3.05) is 0 Å². The van der Waals surface area contributed by atoms with Crippen molar-refractivity contribution >= 4 is 22.9 Å². The molecule has 3 aromatic carbocycles. The van der Waals surface area contributed by atoms with Gasteiger partial charge in [-0.05, 0) is 67.1 Å². The van der Waals surface area contributed by atoms with Crippen LogP contribution >= 0.6 is 0 Å². The van der Waals surface area contributed by atoms with Crippen LogP contribution in [-0.4, -0.2) is 21.8 Å². The highest BCUT2D eigenvalue weighted by atomic mass is 16.3. The van der Waals surface area contributed by atoms with E-state index in [9.17, 15) is 9.90 Å². The lowest BCUT2D eigenvalue weighted by Crippen LogP contribution is -2.17. The van der Waals surface area contributed by atoms with E-state index in [-0.39, 0.29) is 11.7 Å². The highest BCUT2D eigenvalue weighted by molar-refractivity contribution is 6.03. The Morgan fingerprint density at radius 1 is 0.931 bits per heavy atom. The van der Waals surface area contributed by atoms with Crippen LogP contribution in [0, 0.1) is 13.8 Å². The number of fused-ring (bicyclic) bond motifs is 1. The van der Waals surface area contributed by atoms with Crippen LogP contribution in [0.5, 0.6) is 5.75 Å². The number of aryl methyl sites for hydroxylation is 2. The predicted octanol–water partition coefficient (Wildman–Crippen LogP) is 4.72. The fourth-order valence-corrected chi connectivity index (χ4v) is 3.48. The normalized spacial score (nSPS) is 11.2. The molecule has 0 radical (unpaired) electrons. The van der Waals surface area contributed by atoms with Gasteiger partial charge in [-0.25, -0.2) is 5.43 Å². The minimum absolute atomic E-state index is 0.114. The first-order valence-electron chi connectivity index (χ1n) is 9.34. The van der Waals surface area contributed by atoms with E-state index in [4.69, 9.17) is 0 Å². The lowest BCUT2D eigenvalue weighted by Gasteiger charge is -2.10. The van der Waals surface area contributed by atoms with Crippen LogP contribution in [0.3, 0.4) is 0 Å². The van der Waals surface area contributed by atoms with Crippen LogP contribution < -0.4 is 5.43 Å². The summed E-state index contributed by atoms with van der Waals surface area (Å²) in [4.78, 5) is 12.4. The molecular weight excluding hydrogens is 362 g/mol. The van der Waals surface area contributed by atoms with E-state index in [2.05, 4.69) is 27.2 Å². The van der Waals surface area contributed by atoms with Crippen molar-refractivity contribution in [3.63, 3.8) is 0 Å². The van der Waals surface area contributed by atoms with Gasteiger partial charge in [-0.3, -0.25) is 4.79 Å². The van der Waals surface area contributed by atoms with E-state index in [1.54, 1.807) is 18.2 Å². The highest BCUT2D eigenvalue weighted by Gasteiger charge is 2.08. The van der Waals surface area contributed by atoms with Crippen LogP contribution in [0.1, 0.15) is 27.3 Å². The molecule has 2 N–H and O–H groups in total. The third kappa shape index (κ3) is 3.62. The van der Waals surface area contributed by atoms with Gasteiger partial charge in [0, 0.05) is 28.2 Å². The number of nitrogens with one attached hydrogen (secondary N) is 1. The van der Waals surface area contributed by atoms with Crippen molar-refractivity contribution in [2.24, 2.45) is 5.10 Å². The van der Waals surface area contributed by atoms with Crippen LogP contribution in [0.2, 0.25) is 0 Å². The molecular formula is C24H21N3O2. The molecule has 4 aromatic rings. The SMILES string of the molecule is Cc1ccc(C)n1-c1ccc(C(=O)N/N=C\c2c(O)ccc3ccccc23)cc1. The molecule has 5 nitrogen and oxygen atoms in total. The Hall–Kier alpha value is -3.86. The quantitative estimate of drug-likeness (QED) is 0.396. The molecule has 0 saturated carbocycles. The summed E-state index contributed by atoms with van der Waals surface area (Å²) in [6.45, 7) is 4.09. The number of hydrogen-bond donors (Lipinski definition) is 2. The largest absolute Gasteiger partial charge is 0.507 e. The zero-order chi connectivity index (χ0) is 20.4. The van der Waals surface area contributed by atoms with E-state index >= 15 is 0 Å². The van der Waals surface area contributed by atoms with Crippen LogP contribution in [0.4, 0.5) is 0 Å². The molecule has 0 spiro atoms. The number of benzene rings is 3. The van der Waals surface area contributed by atoms with Crippen LogP contribution in [0.25, 0.3) is 16.5 Å². The number of rotatable bonds is 4. The Balaban J connectivity index is 1.51. The molecule has 1 amide bonds. The topological polar surface area (TPSA) is 66.6 Å². The first-order chi connectivity index (χ1) is 14.0. The Bertz CT molecular complexity index is 1200. The second kappa shape index (κ2) is 7.64. The van der Waals surface area contributed by atoms with E-state index in [1.165, 1.54) is 6.21 Å². The second-order valence-corrected chi connectivity index (χ2v) is 6.92.